The van der Waals surface area contributed by atoms with Gasteiger partial charge in [-0.05, 0) is 91.2 Å². The molecule has 4 aliphatic carbocycles. The Morgan fingerprint density at radius 1 is 0.679 bits per heavy atom. The zero-order valence-corrected chi connectivity index (χ0v) is 16.3. The van der Waals surface area contributed by atoms with Crippen LogP contribution in [0.25, 0.3) is 22.2 Å². The van der Waals surface area contributed by atoms with Gasteiger partial charge in [-0.15, -0.1) is 0 Å². The average molecular weight is 366 g/mol. The normalized spacial score (nSPS) is 37.6. The first-order valence-corrected chi connectivity index (χ1v) is 11.3. The van der Waals surface area contributed by atoms with Crippen molar-refractivity contribution in [3.8, 4) is 11.3 Å². The SMILES string of the molecule is c1ccc(C2CC3CC2C2C4CCC(C4)C32)c(-c2ccc3ccccc3n2)c1. The van der Waals surface area contributed by atoms with Crippen molar-refractivity contribution in [1.82, 2.24) is 4.98 Å². The van der Waals surface area contributed by atoms with Crippen LogP contribution < -0.4 is 0 Å². The fraction of sp³-hybridized carbons (Fsp3) is 0.444. The van der Waals surface area contributed by atoms with Crippen molar-refractivity contribution in [1.29, 1.82) is 0 Å². The standard InChI is InChI=1S/C27H27N/c1-4-8-24-16(5-1)11-12-25(28-24)21-7-3-2-6-20(21)22-14-19-15-23(22)27-18-10-9-17(13-18)26(19)27/h1-8,11-12,17-19,22-23,26-27H,9-10,13-15H2. The molecule has 1 nitrogen and oxygen atoms in total. The minimum atomic E-state index is 0.759. The van der Waals surface area contributed by atoms with Gasteiger partial charge in [-0.1, -0.05) is 48.5 Å². The quantitative estimate of drug-likeness (QED) is 0.461. The number of aromatic nitrogens is 1. The first-order valence-electron chi connectivity index (χ1n) is 11.3. The molecular weight excluding hydrogens is 338 g/mol. The molecule has 3 aromatic rings. The van der Waals surface area contributed by atoms with Gasteiger partial charge in [0.2, 0.25) is 0 Å². The van der Waals surface area contributed by atoms with Crippen LogP contribution in [-0.4, -0.2) is 4.98 Å². The van der Waals surface area contributed by atoms with Crippen LogP contribution in [0.1, 0.15) is 43.6 Å². The molecule has 140 valence electrons. The third-order valence-electron chi connectivity index (χ3n) is 8.97. The molecule has 7 atom stereocenters. The van der Waals surface area contributed by atoms with Gasteiger partial charge in [-0.2, -0.15) is 0 Å². The Balaban J connectivity index is 1.30. The van der Waals surface area contributed by atoms with Crippen LogP contribution in [0.15, 0.2) is 60.7 Å². The van der Waals surface area contributed by atoms with Crippen molar-refractivity contribution in [2.24, 2.45) is 35.5 Å². The number of nitrogens with zero attached hydrogens (tertiary/aromatic N) is 1. The van der Waals surface area contributed by atoms with E-state index < -0.39 is 0 Å². The monoisotopic (exact) mass is 365 g/mol. The maximum absolute atomic E-state index is 5.04. The largest absolute Gasteiger partial charge is 0.248 e. The van der Waals surface area contributed by atoms with E-state index in [1.165, 1.54) is 36.6 Å². The summed E-state index contributed by atoms with van der Waals surface area (Å²) in [6, 6.07) is 22.1. The van der Waals surface area contributed by atoms with Crippen molar-refractivity contribution in [2.75, 3.05) is 0 Å². The summed E-state index contributed by atoms with van der Waals surface area (Å²) >= 11 is 0. The maximum atomic E-state index is 5.04. The molecule has 1 aromatic heterocycles. The highest BCUT2D eigenvalue weighted by atomic mass is 14.7. The lowest BCUT2D eigenvalue weighted by molar-refractivity contribution is 0.131. The molecule has 7 unspecified atom stereocenters. The Morgan fingerprint density at radius 2 is 1.50 bits per heavy atom. The van der Waals surface area contributed by atoms with E-state index in [0.717, 1.165) is 52.6 Å². The Bertz CT molecular complexity index is 1070. The van der Waals surface area contributed by atoms with E-state index >= 15 is 0 Å². The fourth-order valence-corrected chi connectivity index (χ4v) is 8.19. The molecule has 4 fully saturated rings. The number of hydrogen-bond acceptors (Lipinski definition) is 1. The van der Waals surface area contributed by atoms with Gasteiger partial charge in [-0.3, -0.25) is 0 Å². The lowest BCUT2D eigenvalue weighted by atomic mass is 9.65. The van der Waals surface area contributed by atoms with E-state index in [1.807, 2.05) is 0 Å². The Hall–Kier alpha value is -2.15. The molecule has 0 spiro atoms. The first kappa shape index (κ1) is 15.7. The zero-order valence-electron chi connectivity index (χ0n) is 16.3. The van der Waals surface area contributed by atoms with Gasteiger partial charge in [0.05, 0.1) is 11.2 Å². The summed E-state index contributed by atoms with van der Waals surface area (Å²) in [7, 11) is 0. The third-order valence-corrected chi connectivity index (χ3v) is 8.97. The molecule has 0 N–H and O–H groups in total. The molecular formula is C27H27N. The number of pyridine rings is 1. The van der Waals surface area contributed by atoms with Gasteiger partial charge in [0, 0.05) is 10.9 Å². The number of para-hydroxylation sites is 1. The van der Waals surface area contributed by atoms with Crippen LogP contribution in [0, 0.1) is 35.5 Å². The third kappa shape index (κ3) is 2.05. The van der Waals surface area contributed by atoms with Crippen molar-refractivity contribution >= 4 is 10.9 Å². The summed E-state index contributed by atoms with van der Waals surface area (Å²) in [5.74, 6) is 6.98. The predicted octanol–water partition coefficient (Wildman–Crippen LogP) is 6.69. The molecule has 0 aliphatic heterocycles. The molecule has 28 heavy (non-hydrogen) atoms. The van der Waals surface area contributed by atoms with E-state index in [2.05, 4.69) is 60.7 Å². The highest BCUT2D eigenvalue weighted by Gasteiger charge is 2.62. The van der Waals surface area contributed by atoms with Crippen LogP contribution in [0.3, 0.4) is 0 Å². The molecule has 4 saturated carbocycles. The molecule has 4 aliphatic rings. The summed E-state index contributed by atoms with van der Waals surface area (Å²) in [5.41, 5.74) is 5.22. The molecule has 0 radical (unpaired) electrons. The van der Waals surface area contributed by atoms with Crippen molar-refractivity contribution in [3.05, 3.63) is 66.2 Å². The molecule has 1 heteroatoms. The second-order valence-electron chi connectivity index (χ2n) is 9.97. The van der Waals surface area contributed by atoms with Crippen LogP contribution in [-0.2, 0) is 0 Å². The highest BCUT2D eigenvalue weighted by molar-refractivity contribution is 5.82. The number of hydrogen-bond donors (Lipinski definition) is 0. The van der Waals surface area contributed by atoms with Gasteiger partial charge in [0.15, 0.2) is 0 Å². The van der Waals surface area contributed by atoms with E-state index in [9.17, 15) is 0 Å². The molecule has 7 rings (SSSR count). The Morgan fingerprint density at radius 3 is 2.46 bits per heavy atom. The Kier molecular flexibility index (Phi) is 3.20. The van der Waals surface area contributed by atoms with Crippen molar-refractivity contribution < 1.29 is 0 Å². The molecule has 0 amide bonds. The number of benzene rings is 2. The summed E-state index contributed by atoms with van der Waals surface area (Å²) in [5, 5.41) is 1.23. The number of rotatable bonds is 2. The van der Waals surface area contributed by atoms with Crippen molar-refractivity contribution in [2.45, 2.75) is 38.0 Å². The van der Waals surface area contributed by atoms with E-state index in [-0.39, 0.29) is 0 Å². The second-order valence-corrected chi connectivity index (χ2v) is 9.97. The lowest BCUT2D eigenvalue weighted by Gasteiger charge is -2.39. The minimum Gasteiger partial charge on any atom is -0.248 e. The smallest absolute Gasteiger partial charge is 0.0712 e. The summed E-state index contributed by atoms with van der Waals surface area (Å²) in [6.45, 7) is 0. The van der Waals surface area contributed by atoms with Crippen LogP contribution >= 0.6 is 0 Å². The van der Waals surface area contributed by atoms with Crippen LogP contribution in [0.2, 0.25) is 0 Å². The topological polar surface area (TPSA) is 12.9 Å². The van der Waals surface area contributed by atoms with Crippen molar-refractivity contribution in [3.63, 3.8) is 0 Å². The summed E-state index contributed by atoms with van der Waals surface area (Å²) < 4.78 is 0. The minimum absolute atomic E-state index is 0.759. The van der Waals surface area contributed by atoms with Gasteiger partial charge >= 0.3 is 0 Å². The van der Waals surface area contributed by atoms with E-state index in [0.29, 0.717) is 0 Å². The predicted molar refractivity (Wildman–Crippen MR) is 114 cm³/mol. The first-order chi connectivity index (χ1) is 13.9. The number of fused-ring (bicyclic) bond motifs is 10. The molecule has 2 aromatic carbocycles. The highest BCUT2D eigenvalue weighted by Crippen LogP contribution is 2.70. The summed E-state index contributed by atoms with van der Waals surface area (Å²) in [4.78, 5) is 5.04. The van der Waals surface area contributed by atoms with Gasteiger partial charge in [-0.25, -0.2) is 4.98 Å². The van der Waals surface area contributed by atoms with Gasteiger partial charge < -0.3 is 0 Å². The van der Waals surface area contributed by atoms with Gasteiger partial charge in [0.25, 0.3) is 0 Å². The summed E-state index contributed by atoms with van der Waals surface area (Å²) in [6.07, 6.45) is 7.56. The van der Waals surface area contributed by atoms with E-state index in [1.54, 1.807) is 12.0 Å². The zero-order chi connectivity index (χ0) is 18.2. The average Bonchev–Trinajstić information content (AvgIpc) is 3.53. The van der Waals surface area contributed by atoms with Crippen LogP contribution in [0.5, 0.6) is 0 Å². The lowest BCUT2D eigenvalue weighted by Crippen LogP contribution is -2.31. The maximum Gasteiger partial charge on any atom is 0.0712 e. The fourth-order valence-electron chi connectivity index (χ4n) is 8.19. The molecule has 1 heterocycles. The van der Waals surface area contributed by atoms with E-state index in [4.69, 9.17) is 4.98 Å². The second kappa shape index (κ2) is 5.69. The van der Waals surface area contributed by atoms with Gasteiger partial charge in [0.1, 0.15) is 0 Å². The van der Waals surface area contributed by atoms with Crippen LogP contribution in [0.4, 0.5) is 0 Å². The molecule has 0 saturated heterocycles. The molecule has 4 bridgehead atoms. The Labute approximate surface area is 167 Å².